The highest BCUT2D eigenvalue weighted by Gasteiger charge is 2.34. The van der Waals surface area contributed by atoms with Crippen LogP contribution >= 0.6 is 0 Å². The van der Waals surface area contributed by atoms with Gasteiger partial charge in [0.2, 0.25) is 15.9 Å². The Morgan fingerprint density at radius 1 is 1.09 bits per heavy atom. The second-order valence-corrected chi connectivity index (χ2v) is 13.4. The molecule has 15 heteroatoms. The maximum Gasteiger partial charge on any atom is 0.416 e. The first kappa shape index (κ1) is 35.5. The number of aliphatic hydroxyl groups is 1. The minimum absolute atomic E-state index is 0.0629. The molecule has 0 spiro atoms. The monoisotopic (exact) mass is 678 g/mol. The zero-order valence-electron chi connectivity index (χ0n) is 26.2. The van der Waals surface area contributed by atoms with Gasteiger partial charge in [-0.25, -0.2) is 13.2 Å². The number of benzene rings is 3. The molecule has 3 atom stereocenters. The van der Waals surface area contributed by atoms with Gasteiger partial charge in [-0.05, 0) is 73.7 Å². The predicted molar refractivity (Wildman–Crippen MR) is 169 cm³/mol. The number of aliphatic hydroxyl groups excluding tert-OH is 1. The predicted octanol–water partition coefficient (Wildman–Crippen LogP) is 4.83. The normalized spacial score (nSPS) is 17.9. The van der Waals surface area contributed by atoms with Crippen molar-refractivity contribution in [3.8, 4) is 11.5 Å². The largest absolute Gasteiger partial charge is 0.497 e. The lowest BCUT2D eigenvalue weighted by Gasteiger charge is -2.33. The van der Waals surface area contributed by atoms with Gasteiger partial charge in [0.25, 0.3) is 0 Å². The van der Waals surface area contributed by atoms with Gasteiger partial charge in [0.15, 0.2) is 0 Å². The second-order valence-electron chi connectivity index (χ2n) is 11.3. The number of sulfonamides is 1. The summed E-state index contributed by atoms with van der Waals surface area (Å²) in [5.41, 5.74) is -0.0463. The van der Waals surface area contributed by atoms with Crippen LogP contribution < -0.4 is 20.1 Å². The smallest absolute Gasteiger partial charge is 0.416 e. The lowest BCUT2D eigenvalue weighted by atomic mass is 10.0. The van der Waals surface area contributed by atoms with Gasteiger partial charge in [0.05, 0.1) is 43.2 Å². The molecule has 254 valence electrons. The number of carbonyl (C=O) groups excluding carboxylic acids is 2. The number of methoxy groups -OCH3 is 1. The zero-order chi connectivity index (χ0) is 34.5. The molecule has 0 bridgehead atoms. The van der Waals surface area contributed by atoms with Crippen molar-refractivity contribution < 1.29 is 45.8 Å². The number of anilines is 2. The number of amides is 3. The number of carbonyl (C=O) groups is 2. The van der Waals surface area contributed by atoms with E-state index < -0.39 is 39.9 Å². The third kappa shape index (κ3) is 8.73. The molecule has 47 heavy (non-hydrogen) atoms. The first-order chi connectivity index (χ1) is 22.1. The standard InChI is InChI=1S/C32H37F3N4O7S/c1-20-17-39(21(2)19-40)30(41)16-22-15-25(37-31(42)36-24-7-5-23(6-8-24)32(33,34)35)9-14-28(22)46-29(20)18-38(3)47(43,44)27-12-10-26(45-4)11-13-27/h5-15,20-21,29,40H,16-19H2,1-4H3,(H2,36,37,42)/t20-,21-,29+/m1/s1. The quantitative estimate of drug-likeness (QED) is 0.295. The highest BCUT2D eigenvalue weighted by atomic mass is 32.2. The van der Waals surface area contributed by atoms with E-state index in [0.29, 0.717) is 17.1 Å². The van der Waals surface area contributed by atoms with Crippen LogP contribution in [-0.2, 0) is 27.4 Å². The molecule has 4 rings (SSSR count). The molecule has 0 saturated heterocycles. The number of alkyl halides is 3. The van der Waals surface area contributed by atoms with Gasteiger partial charge in [-0.15, -0.1) is 0 Å². The number of urea groups is 1. The SMILES string of the molecule is COc1ccc(S(=O)(=O)N(C)C[C@@H]2Oc3ccc(NC(=O)Nc4ccc(C(F)(F)F)cc4)cc3CC(=O)N([C@H](C)CO)C[C@H]2C)cc1. The van der Waals surface area contributed by atoms with Gasteiger partial charge in [-0.2, -0.15) is 17.5 Å². The van der Waals surface area contributed by atoms with Crippen LogP contribution in [0.4, 0.5) is 29.3 Å². The van der Waals surface area contributed by atoms with Crippen molar-refractivity contribution in [3.05, 3.63) is 77.9 Å². The number of fused-ring (bicyclic) bond motifs is 1. The van der Waals surface area contributed by atoms with Crippen LogP contribution in [0.15, 0.2) is 71.6 Å². The summed E-state index contributed by atoms with van der Waals surface area (Å²) in [7, 11) is -1.01. The van der Waals surface area contributed by atoms with Gasteiger partial charge in [0, 0.05) is 36.4 Å². The van der Waals surface area contributed by atoms with Crippen LogP contribution in [0, 0.1) is 5.92 Å². The maximum absolute atomic E-state index is 13.5. The Labute approximate surface area is 271 Å². The van der Waals surface area contributed by atoms with Crippen molar-refractivity contribution in [2.75, 3.05) is 44.5 Å². The fraction of sp³-hybridized carbons (Fsp3) is 0.375. The number of nitrogens with one attached hydrogen (secondary N) is 2. The number of likely N-dealkylation sites (N-methyl/N-ethyl adjacent to an activating group) is 1. The fourth-order valence-electron chi connectivity index (χ4n) is 5.04. The van der Waals surface area contributed by atoms with Crippen molar-refractivity contribution in [2.24, 2.45) is 5.92 Å². The third-order valence-corrected chi connectivity index (χ3v) is 9.69. The number of hydrogen-bond donors (Lipinski definition) is 3. The van der Waals surface area contributed by atoms with Gasteiger partial charge in [-0.3, -0.25) is 4.79 Å². The molecule has 1 aliphatic rings. The van der Waals surface area contributed by atoms with Crippen molar-refractivity contribution >= 4 is 33.3 Å². The summed E-state index contributed by atoms with van der Waals surface area (Å²) < 4.78 is 78.2. The molecule has 0 unspecified atom stereocenters. The maximum atomic E-state index is 13.5. The number of nitrogens with zero attached hydrogens (tertiary/aromatic N) is 2. The Bertz CT molecular complexity index is 1670. The summed E-state index contributed by atoms with van der Waals surface area (Å²) in [4.78, 5) is 27.7. The molecular formula is C32H37F3N4O7S. The molecule has 11 nitrogen and oxygen atoms in total. The Hall–Kier alpha value is -4.34. The highest BCUT2D eigenvalue weighted by molar-refractivity contribution is 7.89. The van der Waals surface area contributed by atoms with E-state index in [-0.39, 0.29) is 54.2 Å². The highest BCUT2D eigenvalue weighted by Crippen LogP contribution is 2.31. The summed E-state index contributed by atoms with van der Waals surface area (Å²) in [6.45, 7) is 3.34. The van der Waals surface area contributed by atoms with Crippen LogP contribution in [0.25, 0.3) is 0 Å². The van der Waals surface area contributed by atoms with Crippen molar-refractivity contribution in [1.82, 2.24) is 9.21 Å². The molecule has 3 N–H and O–H groups in total. The van der Waals surface area contributed by atoms with Crippen LogP contribution in [0.3, 0.4) is 0 Å². The lowest BCUT2D eigenvalue weighted by Crippen LogP contribution is -2.48. The average molecular weight is 679 g/mol. The molecule has 1 aliphatic heterocycles. The lowest BCUT2D eigenvalue weighted by molar-refractivity contribution is -0.137. The van der Waals surface area contributed by atoms with Crippen LogP contribution in [0.1, 0.15) is 25.0 Å². The minimum atomic E-state index is -4.51. The van der Waals surface area contributed by atoms with E-state index in [1.54, 1.807) is 25.1 Å². The number of ether oxygens (including phenoxy) is 2. The Morgan fingerprint density at radius 2 is 1.70 bits per heavy atom. The summed E-state index contributed by atoms with van der Waals surface area (Å²) in [5, 5.41) is 15.0. The minimum Gasteiger partial charge on any atom is -0.497 e. The summed E-state index contributed by atoms with van der Waals surface area (Å²) in [6, 6.07) is 13.3. The molecule has 3 aromatic carbocycles. The van der Waals surface area contributed by atoms with Crippen molar-refractivity contribution in [2.45, 2.75) is 43.5 Å². The Balaban J connectivity index is 1.58. The first-order valence-electron chi connectivity index (χ1n) is 14.7. The molecular weight excluding hydrogens is 641 g/mol. The van der Waals surface area contributed by atoms with Gasteiger partial charge in [-0.1, -0.05) is 6.92 Å². The fourth-order valence-corrected chi connectivity index (χ4v) is 6.22. The number of hydrogen-bond acceptors (Lipinski definition) is 7. The molecule has 3 amide bonds. The number of rotatable bonds is 9. The molecule has 0 aliphatic carbocycles. The topological polar surface area (TPSA) is 138 Å². The van der Waals surface area contributed by atoms with Crippen LogP contribution in [0.5, 0.6) is 11.5 Å². The van der Waals surface area contributed by atoms with Crippen molar-refractivity contribution in [3.63, 3.8) is 0 Å². The van der Waals surface area contributed by atoms with E-state index in [0.717, 1.165) is 24.3 Å². The Kier molecular flexibility index (Phi) is 11.0. The second kappa shape index (κ2) is 14.6. The van der Waals surface area contributed by atoms with Gasteiger partial charge < -0.3 is 30.1 Å². The molecule has 1 heterocycles. The first-order valence-corrected chi connectivity index (χ1v) is 16.1. The molecule has 0 aromatic heterocycles. The molecule has 3 aromatic rings. The van der Waals surface area contributed by atoms with Crippen LogP contribution in [-0.4, -0.2) is 80.7 Å². The molecule has 0 saturated carbocycles. The number of halogens is 3. The van der Waals surface area contributed by atoms with Crippen LogP contribution in [0.2, 0.25) is 0 Å². The Morgan fingerprint density at radius 3 is 2.30 bits per heavy atom. The zero-order valence-corrected chi connectivity index (χ0v) is 27.1. The molecule has 0 fully saturated rings. The van der Waals surface area contributed by atoms with Crippen molar-refractivity contribution in [1.29, 1.82) is 0 Å². The summed E-state index contributed by atoms with van der Waals surface area (Å²) in [6.07, 6.45) is -5.38. The van der Waals surface area contributed by atoms with E-state index in [4.69, 9.17) is 9.47 Å². The van der Waals surface area contributed by atoms with E-state index in [1.807, 2.05) is 6.92 Å². The molecule has 0 radical (unpaired) electrons. The summed E-state index contributed by atoms with van der Waals surface area (Å²) in [5.74, 6) is 0.122. The van der Waals surface area contributed by atoms with E-state index >= 15 is 0 Å². The summed E-state index contributed by atoms with van der Waals surface area (Å²) >= 11 is 0. The van der Waals surface area contributed by atoms with Gasteiger partial charge >= 0.3 is 12.2 Å². The third-order valence-electron chi connectivity index (χ3n) is 7.85. The average Bonchev–Trinajstić information content (AvgIpc) is 3.07. The van der Waals surface area contributed by atoms with E-state index in [1.165, 1.54) is 47.6 Å². The van der Waals surface area contributed by atoms with Gasteiger partial charge in [0.1, 0.15) is 17.6 Å². The van der Waals surface area contributed by atoms with E-state index in [2.05, 4.69) is 10.6 Å². The van der Waals surface area contributed by atoms with E-state index in [9.17, 15) is 36.3 Å².